The molecule has 2 unspecified atom stereocenters. The average molecular weight is 312 g/mol. The highest BCUT2D eigenvalue weighted by Crippen LogP contribution is 2.10. The maximum absolute atomic E-state index is 12.2. The standard InChI is InChI=1S/C15H21N3O2.ClH/c1-10-8-13(6-7-17-10)18-15(20)12-5-3-4-11(9-12)14(19)16-2;/h3-5,9-10,13,17H,6-8H2,1-2H3,(H,16,19)(H,18,20);1H. The van der Waals surface area contributed by atoms with Crippen molar-refractivity contribution in [2.45, 2.75) is 31.8 Å². The highest BCUT2D eigenvalue weighted by atomic mass is 35.5. The smallest absolute Gasteiger partial charge is 0.251 e. The third kappa shape index (κ3) is 4.72. The second-order valence-electron chi connectivity index (χ2n) is 5.21. The van der Waals surface area contributed by atoms with Crippen LogP contribution in [0.2, 0.25) is 0 Å². The molecule has 2 rings (SSSR count). The Morgan fingerprint density at radius 3 is 2.52 bits per heavy atom. The summed E-state index contributed by atoms with van der Waals surface area (Å²) in [5, 5.41) is 8.95. The van der Waals surface area contributed by atoms with Crippen LogP contribution in [0, 0.1) is 0 Å². The molecule has 6 heteroatoms. The second-order valence-corrected chi connectivity index (χ2v) is 5.21. The molecule has 1 aliphatic heterocycles. The zero-order valence-electron chi connectivity index (χ0n) is 12.3. The van der Waals surface area contributed by atoms with Crippen molar-refractivity contribution in [2.75, 3.05) is 13.6 Å². The van der Waals surface area contributed by atoms with E-state index in [9.17, 15) is 9.59 Å². The lowest BCUT2D eigenvalue weighted by Crippen LogP contribution is -2.46. The highest BCUT2D eigenvalue weighted by molar-refractivity contribution is 5.99. The van der Waals surface area contributed by atoms with Gasteiger partial charge in [-0.3, -0.25) is 9.59 Å². The van der Waals surface area contributed by atoms with Gasteiger partial charge in [-0.2, -0.15) is 0 Å². The first-order chi connectivity index (χ1) is 9.60. The van der Waals surface area contributed by atoms with Crippen molar-refractivity contribution in [1.29, 1.82) is 0 Å². The summed E-state index contributed by atoms with van der Waals surface area (Å²) in [6.45, 7) is 3.04. The first-order valence-electron chi connectivity index (χ1n) is 6.96. The minimum atomic E-state index is -0.185. The Hall–Kier alpha value is -1.59. The third-order valence-corrected chi connectivity index (χ3v) is 3.57. The molecule has 2 amide bonds. The molecule has 0 bridgehead atoms. The van der Waals surface area contributed by atoms with Crippen molar-refractivity contribution in [3.8, 4) is 0 Å². The molecule has 0 aromatic heterocycles. The van der Waals surface area contributed by atoms with Crippen LogP contribution < -0.4 is 16.0 Å². The van der Waals surface area contributed by atoms with E-state index in [-0.39, 0.29) is 30.3 Å². The maximum Gasteiger partial charge on any atom is 0.251 e. The van der Waals surface area contributed by atoms with Crippen LogP contribution in [0.25, 0.3) is 0 Å². The first kappa shape index (κ1) is 17.5. The monoisotopic (exact) mass is 311 g/mol. The van der Waals surface area contributed by atoms with Gasteiger partial charge in [0.25, 0.3) is 11.8 Å². The highest BCUT2D eigenvalue weighted by Gasteiger charge is 2.20. The fourth-order valence-corrected chi connectivity index (χ4v) is 2.48. The minimum Gasteiger partial charge on any atom is -0.355 e. The van der Waals surface area contributed by atoms with E-state index in [4.69, 9.17) is 0 Å². The van der Waals surface area contributed by atoms with E-state index in [0.717, 1.165) is 19.4 Å². The van der Waals surface area contributed by atoms with Crippen molar-refractivity contribution in [3.63, 3.8) is 0 Å². The van der Waals surface area contributed by atoms with Crippen molar-refractivity contribution in [3.05, 3.63) is 35.4 Å². The predicted molar refractivity (Wildman–Crippen MR) is 85.0 cm³/mol. The third-order valence-electron chi connectivity index (χ3n) is 3.57. The number of carbonyl (C=O) groups is 2. The Morgan fingerprint density at radius 2 is 1.90 bits per heavy atom. The summed E-state index contributed by atoms with van der Waals surface area (Å²) in [6.07, 6.45) is 1.87. The Labute approximate surface area is 131 Å². The van der Waals surface area contributed by atoms with Gasteiger partial charge in [-0.15, -0.1) is 12.4 Å². The summed E-state index contributed by atoms with van der Waals surface area (Å²) in [5.74, 6) is -0.301. The Balaban J connectivity index is 0.00000220. The number of benzene rings is 1. The number of carbonyl (C=O) groups excluding carboxylic acids is 2. The van der Waals surface area contributed by atoms with Crippen LogP contribution in [0.5, 0.6) is 0 Å². The predicted octanol–water partition coefficient (Wildman–Crippen LogP) is 1.34. The molecule has 1 aromatic carbocycles. The Morgan fingerprint density at radius 1 is 1.24 bits per heavy atom. The Bertz CT molecular complexity index is 507. The summed E-state index contributed by atoms with van der Waals surface area (Å²) in [4.78, 5) is 23.8. The second kappa shape index (κ2) is 8.00. The van der Waals surface area contributed by atoms with Crippen LogP contribution in [-0.4, -0.2) is 37.5 Å². The SMILES string of the molecule is CNC(=O)c1cccc(C(=O)NC2CCNC(C)C2)c1.Cl. The maximum atomic E-state index is 12.2. The molecule has 0 saturated carbocycles. The van der Waals surface area contributed by atoms with E-state index >= 15 is 0 Å². The fraction of sp³-hybridized carbons (Fsp3) is 0.467. The summed E-state index contributed by atoms with van der Waals surface area (Å²) in [5.41, 5.74) is 1.02. The van der Waals surface area contributed by atoms with Crippen LogP contribution in [0.4, 0.5) is 0 Å². The lowest BCUT2D eigenvalue weighted by atomic mass is 10.00. The minimum absolute atomic E-state index is 0. The van der Waals surface area contributed by atoms with E-state index in [0.29, 0.717) is 17.2 Å². The molecule has 1 aliphatic rings. The van der Waals surface area contributed by atoms with Crippen LogP contribution in [0.3, 0.4) is 0 Å². The topological polar surface area (TPSA) is 70.2 Å². The fourth-order valence-electron chi connectivity index (χ4n) is 2.48. The van der Waals surface area contributed by atoms with Crippen molar-refractivity contribution in [1.82, 2.24) is 16.0 Å². The molecule has 1 heterocycles. The van der Waals surface area contributed by atoms with Gasteiger partial charge in [0, 0.05) is 30.3 Å². The number of hydrogen-bond acceptors (Lipinski definition) is 3. The van der Waals surface area contributed by atoms with Crippen molar-refractivity contribution < 1.29 is 9.59 Å². The van der Waals surface area contributed by atoms with Crippen LogP contribution >= 0.6 is 12.4 Å². The zero-order chi connectivity index (χ0) is 14.5. The van der Waals surface area contributed by atoms with Crippen LogP contribution in [0.1, 0.15) is 40.5 Å². The van der Waals surface area contributed by atoms with Gasteiger partial charge in [0.2, 0.25) is 0 Å². The lowest BCUT2D eigenvalue weighted by Gasteiger charge is -2.28. The first-order valence-corrected chi connectivity index (χ1v) is 6.96. The number of rotatable bonds is 3. The molecular weight excluding hydrogens is 290 g/mol. The molecule has 1 aromatic rings. The van der Waals surface area contributed by atoms with E-state index < -0.39 is 0 Å². The van der Waals surface area contributed by atoms with E-state index in [2.05, 4.69) is 22.9 Å². The molecule has 0 radical (unpaired) electrons. The molecule has 21 heavy (non-hydrogen) atoms. The van der Waals surface area contributed by atoms with E-state index in [1.165, 1.54) is 0 Å². The largest absolute Gasteiger partial charge is 0.355 e. The molecule has 0 spiro atoms. The summed E-state index contributed by atoms with van der Waals surface area (Å²) in [6, 6.07) is 7.39. The van der Waals surface area contributed by atoms with Gasteiger partial charge in [-0.25, -0.2) is 0 Å². The lowest BCUT2D eigenvalue weighted by molar-refractivity contribution is 0.0925. The summed E-state index contributed by atoms with van der Waals surface area (Å²) >= 11 is 0. The zero-order valence-corrected chi connectivity index (χ0v) is 13.1. The molecule has 1 saturated heterocycles. The van der Waals surface area contributed by atoms with Gasteiger partial charge < -0.3 is 16.0 Å². The quantitative estimate of drug-likeness (QED) is 0.789. The number of hydrogen-bond donors (Lipinski definition) is 3. The van der Waals surface area contributed by atoms with Crippen LogP contribution in [-0.2, 0) is 0 Å². The van der Waals surface area contributed by atoms with Crippen LogP contribution in [0.15, 0.2) is 24.3 Å². The molecule has 5 nitrogen and oxygen atoms in total. The van der Waals surface area contributed by atoms with E-state index in [1.807, 2.05) is 0 Å². The van der Waals surface area contributed by atoms with Gasteiger partial charge >= 0.3 is 0 Å². The molecule has 1 fully saturated rings. The van der Waals surface area contributed by atoms with Crippen molar-refractivity contribution in [2.24, 2.45) is 0 Å². The van der Waals surface area contributed by atoms with E-state index in [1.54, 1.807) is 31.3 Å². The molecule has 116 valence electrons. The van der Waals surface area contributed by atoms with Gasteiger partial charge in [0.15, 0.2) is 0 Å². The number of piperidine rings is 1. The number of nitrogens with one attached hydrogen (secondary N) is 3. The number of amides is 2. The molecular formula is C15H22ClN3O2. The summed E-state index contributed by atoms with van der Waals surface area (Å²) in [7, 11) is 1.57. The average Bonchev–Trinajstić information content (AvgIpc) is 2.46. The molecule has 2 atom stereocenters. The Kier molecular flexibility index (Phi) is 6.65. The van der Waals surface area contributed by atoms with Gasteiger partial charge in [-0.05, 0) is 44.5 Å². The van der Waals surface area contributed by atoms with Gasteiger partial charge in [-0.1, -0.05) is 6.07 Å². The normalized spacial score (nSPS) is 21.0. The molecule has 0 aliphatic carbocycles. The number of halogens is 1. The summed E-state index contributed by atoms with van der Waals surface area (Å²) < 4.78 is 0. The van der Waals surface area contributed by atoms with Crippen molar-refractivity contribution >= 4 is 24.2 Å². The van der Waals surface area contributed by atoms with Gasteiger partial charge in [0.1, 0.15) is 0 Å². The molecule has 3 N–H and O–H groups in total. The van der Waals surface area contributed by atoms with Gasteiger partial charge in [0.05, 0.1) is 0 Å².